The summed E-state index contributed by atoms with van der Waals surface area (Å²) in [4.78, 5) is 4.00. The first-order valence-electron chi connectivity index (χ1n) is 6.10. The van der Waals surface area contributed by atoms with Crippen LogP contribution in [0.2, 0.25) is 0 Å². The molecule has 0 saturated heterocycles. The second-order valence-electron chi connectivity index (χ2n) is 4.54. The zero-order valence-corrected chi connectivity index (χ0v) is 12.2. The average molecular weight is 295 g/mol. The van der Waals surface area contributed by atoms with Crippen LogP contribution >= 0.6 is 0 Å². The lowest BCUT2D eigenvalue weighted by Crippen LogP contribution is -2.23. The summed E-state index contributed by atoms with van der Waals surface area (Å²) in [6.07, 6.45) is 1.47. The molecule has 0 spiro atoms. The molecule has 0 aliphatic rings. The summed E-state index contributed by atoms with van der Waals surface area (Å²) in [7, 11) is -1.88. The van der Waals surface area contributed by atoms with Crippen LogP contribution in [0.1, 0.15) is 17.0 Å². The Bertz CT molecular complexity index is 688. The monoisotopic (exact) mass is 295 g/mol. The van der Waals surface area contributed by atoms with Gasteiger partial charge in [0.05, 0.1) is 6.61 Å². The SMILES string of the molecule is Cc1nc(S(=O)(=O)NCc2cccc(CO)c2)cn1C. The topological polar surface area (TPSA) is 84.2 Å². The highest BCUT2D eigenvalue weighted by Gasteiger charge is 2.17. The van der Waals surface area contributed by atoms with Crippen molar-refractivity contribution < 1.29 is 13.5 Å². The molecule has 0 atom stereocenters. The van der Waals surface area contributed by atoms with Crippen LogP contribution in [0.3, 0.4) is 0 Å². The minimum Gasteiger partial charge on any atom is -0.392 e. The number of hydrogen-bond acceptors (Lipinski definition) is 4. The van der Waals surface area contributed by atoms with Gasteiger partial charge in [-0.2, -0.15) is 0 Å². The highest BCUT2D eigenvalue weighted by molar-refractivity contribution is 7.89. The largest absolute Gasteiger partial charge is 0.392 e. The molecule has 1 aromatic heterocycles. The number of imidazole rings is 1. The number of nitrogens with zero attached hydrogens (tertiary/aromatic N) is 2. The van der Waals surface area contributed by atoms with Crippen LogP contribution in [-0.2, 0) is 30.2 Å². The normalized spacial score (nSPS) is 11.8. The summed E-state index contributed by atoms with van der Waals surface area (Å²) < 4.78 is 28.3. The van der Waals surface area contributed by atoms with Crippen molar-refractivity contribution in [1.29, 1.82) is 0 Å². The van der Waals surface area contributed by atoms with Gasteiger partial charge in [0.25, 0.3) is 10.0 Å². The maximum absolute atomic E-state index is 12.1. The van der Waals surface area contributed by atoms with Gasteiger partial charge in [-0.3, -0.25) is 0 Å². The third-order valence-electron chi connectivity index (χ3n) is 3.00. The van der Waals surface area contributed by atoms with Gasteiger partial charge >= 0.3 is 0 Å². The predicted octanol–water partition coefficient (Wildman–Crippen LogP) is 0.699. The van der Waals surface area contributed by atoms with Gasteiger partial charge in [0.15, 0.2) is 5.03 Å². The van der Waals surface area contributed by atoms with Gasteiger partial charge in [-0.15, -0.1) is 0 Å². The number of aliphatic hydroxyl groups is 1. The number of aliphatic hydroxyl groups excluding tert-OH is 1. The van der Waals surface area contributed by atoms with E-state index in [9.17, 15) is 8.42 Å². The van der Waals surface area contributed by atoms with Crippen molar-refractivity contribution in [1.82, 2.24) is 14.3 Å². The van der Waals surface area contributed by atoms with Crippen LogP contribution < -0.4 is 4.72 Å². The molecule has 0 bridgehead atoms. The Hall–Kier alpha value is -1.70. The smallest absolute Gasteiger partial charge is 0.259 e. The van der Waals surface area contributed by atoms with E-state index in [1.165, 1.54) is 6.20 Å². The van der Waals surface area contributed by atoms with E-state index >= 15 is 0 Å². The number of benzene rings is 1. The Morgan fingerprint density at radius 1 is 1.35 bits per heavy atom. The molecule has 0 saturated carbocycles. The Kier molecular flexibility index (Phi) is 4.22. The summed E-state index contributed by atoms with van der Waals surface area (Å²) >= 11 is 0. The first-order chi connectivity index (χ1) is 9.42. The van der Waals surface area contributed by atoms with Gasteiger partial charge in [-0.25, -0.2) is 18.1 Å². The fraction of sp³-hybridized carbons (Fsp3) is 0.308. The molecule has 7 heteroatoms. The number of sulfonamides is 1. The maximum Gasteiger partial charge on any atom is 0.259 e. The summed E-state index contributed by atoms with van der Waals surface area (Å²) in [5.41, 5.74) is 1.53. The number of aryl methyl sites for hydroxylation is 2. The van der Waals surface area contributed by atoms with Crippen molar-refractivity contribution in [3.63, 3.8) is 0 Å². The van der Waals surface area contributed by atoms with E-state index in [0.717, 1.165) is 11.1 Å². The third-order valence-corrected chi connectivity index (χ3v) is 4.27. The first-order valence-corrected chi connectivity index (χ1v) is 7.59. The molecule has 2 aromatic rings. The first kappa shape index (κ1) is 14.7. The minimum atomic E-state index is -3.62. The highest BCUT2D eigenvalue weighted by atomic mass is 32.2. The van der Waals surface area contributed by atoms with Gasteiger partial charge < -0.3 is 9.67 Å². The zero-order valence-electron chi connectivity index (χ0n) is 11.4. The standard InChI is InChI=1S/C13H17N3O3S/c1-10-15-13(8-16(10)2)20(18,19)14-7-11-4-3-5-12(6-11)9-17/h3-6,8,14,17H,7,9H2,1-2H3. The fourth-order valence-electron chi connectivity index (χ4n) is 1.75. The van der Waals surface area contributed by atoms with E-state index in [-0.39, 0.29) is 18.2 Å². The molecule has 0 aliphatic heterocycles. The summed E-state index contributed by atoms with van der Waals surface area (Å²) in [6.45, 7) is 1.83. The van der Waals surface area contributed by atoms with Crippen LogP contribution in [0.25, 0.3) is 0 Å². The van der Waals surface area contributed by atoms with Crippen molar-refractivity contribution in [2.45, 2.75) is 25.1 Å². The average Bonchev–Trinajstić information content (AvgIpc) is 2.78. The molecule has 0 radical (unpaired) electrons. The Morgan fingerprint density at radius 3 is 2.65 bits per heavy atom. The van der Waals surface area contributed by atoms with Crippen LogP contribution in [-0.4, -0.2) is 23.1 Å². The summed E-state index contributed by atoms with van der Waals surface area (Å²) in [5, 5.41) is 9.06. The van der Waals surface area contributed by atoms with E-state index in [0.29, 0.717) is 5.82 Å². The molecule has 0 fully saturated rings. The van der Waals surface area contributed by atoms with Gasteiger partial charge in [0, 0.05) is 19.8 Å². The molecule has 108 valence electrons. The van der Waals surface area contributed by atoms with Crippen molar-refractivity contribution >= 4 is 10.0 Å². The number of aromatic nitrogens is 2. The molecule has 0 aliphatic carbocycles. The lowest BCUT2D eigenvalue weighted by Gasteiger charge is -2.05. The lowest BCUT2D eigenvalue weighted by atomic mass is 10.1. The van der Waals surface area contributed by atoms with Crippen LogP contribution in [0.5, 0.6) is 0 Å². The predicted molar refractivity (Wildman–Crippen MR) is 74.3 cm³/mol. The maximum atomic E-state index is 12.1. The number of nitrogens with one attached hydrogen (secondary N) is 1. The lowest BCUT2D eigenvalue weighted by molar-refractivity contribution is 0.281. The summed E-state index contributed by atoms with van der Waals surface area (Å²) in [6, 6.07) is 7.11. The van der Waals surface area contributed by atoms with Gasteiger partial charge in [0.2, 0.25) is 0 Å². The van der Waals surface area contributed by atoms with Crippen molar-refractivity contribution in [3.8, 4) is 0 Å². The Labute approximate surface area is 118 Å². The van der Waals surface area contributed by atoms with Gasteiger partial charge in [0.1, 0.15) is 5.82 Å². The van der Waals surface area contributed by atoms with E-state index in [2.05, 4.69) is 9.71 Å². The molecule has 0 amide bonds. The minimum absolute atomic E-state index is 0.0100. The van der Waals surface area contributed by atoms with Gasteiger partial charge in [-0.05, 0) is 18.1 Å². The Morgan fingerprint density at radius 2 is 2.05 bits per heavy atom. The molecule has 6 nitrogen and oxygen atoms in total. The van der Waals surface area contributed by atoms with Crippen molar-refractivity contribution in [3.05, 3.63) is 47.4 Å². The molecule has 0 unspecified atom stereocenters. The van der Waals surface area contributed by atoms with E-state index in [1.807, 2.05) is 0 Å². The third kappa shape index (κ3) is 3.24. The van der Waals surface area contributed by atoms with Crippen LogP contribution in [0.15, 0.2) is 35.5 Å². The molecule has 2 N–H and O–H groups in total. The molecule has 1 heterocycles. The molecule has 20 heavy (non-hydrogen) atoms. The molecular weight excluding hydrogens is 278 g/mol. The highest BCUT2D eigenvalue weighted by Crippen LogP contribution is 2.10. The van der Waals surface area contributed by atoms with Crippen molar-refractivity contribution in [2.24, 2.45) is 7.05 Å². The zero-order chi connectivity index (χ0) is 14.8. The van der Waals surface area contributed by atoms with Crippen molar-refractivity contribution in [2.75, 3.05) is 0 Å². The number of rotatable bonds is 5. The van der Waals surface area contributed by atoms with E-state index < -0.39 is 10.0 Å². The second kappa shape index (κ2) is 5.74. The van der Waals surface area contributed by atoms with E-state index in [4.69, 9.17) is 5.11 Å². The van der Waals surface area contributed by atoms with Gasteiger partial charge in [-0.1, -0.05) is 24.3 Å². The molecule has 1 aromatic carbocycles. The molecule has 2 rings (SSSR count). The fourth-order valence-corrected chi connectivity index (χ4v) is 2.80. The van der Waals surface area contributed by atoms with Crippen LogP contribution in [0.4, 0.5) is 0 Å². The molecular formula is C13H17N3O3S. The quantitative estimate of drug-likeness (QED) is 0.850. The van der Waals surface area contributed by atoms with Crippen LogP contribution in [0, 0.1) is 6.92 Å². The van der Waals surface area contributed by atoms with E-state index in [1.54, 1.807) is 42.8 Å². The second-order valence-corrected chi connectivity index (χ2v) is 6.25. The Balaban J connectivity index is 2.12. The summed E-state index contributed by atoms with van der Waals surface area (Å²) in [5.74, 6) is 0.632. The number of hydrogen-bond donors (Lipinski definition) is 2.